The predicted molar refractivity (Wildman–Crippen MR) is 72.8 cm³/mol. The Morgan fingerprint density at radius 1 is 0.765 bits per heavy atom. The van der Waals surface area contributed by atoms with Gasteiger partial charge in [0, 0.05) is 19.3 Å². The van der Waals surface area contributed by atoms with Crippen LogP contribution in [0.15, 0.2) is 0 Å². The molecule has 0 aromatic heterocycles. The van der Waals surface area contributed by atoms with Crippen LogP contribution >= 0.6 is 0 Å². The van der Waals surface area contributed by atoms with Gasteiger partial charge in [-0.25, -0.2) is 0 Å². The first-order valence-corrected chi connectivity index (χ1v) is 8.03. The third kappa shape index (κ3) is 1.54. The Morgan fingerprint density at radius 3 is 1.41 bits per heavy atom. The molecule has 0 heterocycles. The first kappa shape index (κ1) is 12.0. The number of hydrogen-bond donors (Lipinski definition) is 0. The molecule has 0 aliphatic heterocycles. The number of nitrogens with zero attached hydrogens (tertiary/aromatic N) is 1. The van der Waals surface area contributed by atoms with Crippen LogP contribution in [0, 0.1) is 17.8 Å². The van der Waals surface area contributed by atoms with Gasteiger partial charge in [-0.3, -0.25) is 0 Å². The molecule has 0 radical (unpaired) electrons. The SMILES string of the molecule is CC[N+](CC)(CC)C12CC3CC(CC(C3)C1)C2. The van der Waals surface area contributed by atoms with Crippen molar-refractivity contribution < 1.29 is 4.48 Å². The van der Waals surface area contributed by atoms with Gasteiger partial charge in [-0.2, -0.15) is 0 Å². The highest BCUT2D eigenvalue weighted by Gasteiger charge is 2.59. The van der Waals surface area contributed by atoms with Gasteiger partial charge in [0.1, 0.15) is 0 Å². The van der Waals surface area contributed by atoms with Crippen molar-refractivity contribution in [1.29, 1.82) is 0 Å². The zero-order chi connectivity index (χ0) is 12.1. The second kappa shape index (κ2) is 3.98. The van der Waals surface area contributed by atoms with Crippen LogP contribution in [0.1, 0.15) is 59.3 Å². The van der Waals surface area contributed by atoms with E-state index in [-0.39, 0.29) is 0 Å². The van der Waals surface area contributed by atoms with Crippen molar-refractivity contribution >= 4 is 0 Å². The van der Waals surface area contributed by atoms with E-state index in [1.54, 1.807) is 38.5 Å². The monoisotopic (exact) mass is 236 g/mol. The van der Waals surface area contributed by atoms with E-state index in [2.05, 4.69) is 20.8 Å². The average molecular weight is 236 g/mol. The maximum Gasteiger partial charge on any atom is 0.1000 e. The van der Waals surface area contributed by atoms with Crippen molar-refractivity contribution in [2.45, 2.75) is 64.8 Å². The summed E-state index contributed by atoms with van der Waals surface area (Å²) in [6.45, 7) is 11.4. The Labute approximate surface area is 107 Å². The average Bonchev–Trinajstić information content (AvgIpc) is 2.29. The number of quaternary nitrogens is 1. The lowest BCUT2D eigenvalue weighted by atomic mass is 9.51. The fourth-order valence-corrected chi connectivity index (χ4v) is 6.32. The van der Waals surface area contributed by atoms with Gasteiger partial charge in [0.25, 0.3) is 0 Å². The van der Waals surface area contributed by atoms with E-state index in [4.69, 9.17) is 0 Å². The molecule has 0 N–H and O–H groups in total. The first-order chi connectivity index (χ1) is 8.17. The third-order valence-corrected chi connectivity index (χ3v) is 6.83. The summed E-state index contributed by atoms with van der Waals surface area (Å²) in [7, 11) is 0. The molecule has 0 saturated heterocycles. The van der Waals surface area contributed by atoms with Gasteiger partial charge in [0.05, 0.1) is 25.2 Å². The third-order valence-electron chi connectivity index (χ3n) is 6.83. The van der Waals surface area contributed by atoms with Crippen LogP contribution in [-0.4, -0.2) is 29.7 Å². The summed E-state index contributed by atoms with van der Waals surface area (Å²) in [6.07, 6.45) is 9.43. The van der Waals surface area contributed by atoms with Crippen molar-refractivity contribution in [2.24, 2.45) is 17.8 Å². The van der Waals surface area contributed by atoms with Crippen molar-refractivity contribution in [3.05, 3.63) is 0 Å². The summed E-state index contributed by atoms with van der Waals surface area (Å²) < 4.78 is 1.43. The Morgan fingerprint density at radius 2 is 1.12 bits per heavy atom. The van der Waals surface area contributed by atoms with Gasteiger partial charge in [0.15, 0.2) is 0 Å². The molecule has 17 heavy (non-hydrogen) atoms. The minimum Gasteiger partial charge on any atom is -0.319 e. The highest BCUT2D eigenvalue weighted by molar-refractivity contribution is 5.03. The smallest absolute Gasteiger partial charge is 0.1000 e. The van der Waals surface area contributed by atoms with Crippen molar-refractivity contribution in [1.82, 2.24) is 0 Å². The topological polar surface area (TPSA) is 0 Å². The summed E-state index contributed by atoms with van der Waals surface area (Å²) in [5.41, 5.74) is 0.701. The molecule has 4 saturated carbocycles. The van der Waals surface area contributed by atoms with Crippen LogP contribution in [0.5, 0.6) is 0 Å². The largest absolute Gasteiger partial charge is 0.319 e. The van der Waals surface area contributed by atoms with Crippen LogP contribution in [0.25, 0.3) is 0 Å². The van der Waals surface area contributed by atoms with Gasteiger partial charge in [-0.1, -0.05) is 0 Å². The second-order valence-electron chi connectivity index (χ2n) is 7.24. The van der Waals surface area contributed by atoms with E-state index < -0.39 is 0 Å². The maximum atomic E-state index is 2.44. The molecular formula is C16H30N+. The van der Waals surface area contributed by atoms with E-state index in [1.807, 2.05) is 0 Å². The molecule has 1 nitrogen and oxygen atoms in total. The fourth-order valence-electron chi connectivity index (χ4n) is 6.32. The van der Waals surface area contributed by atoms with Crippen LogP contribution in [0.4, 0.5) is 0 Å². The summed E-state index contributed by atoms with van der Waals surface area (Å²) in [5, 5.41) is 0. The predicted octanol–water partition coefficient (Wildman–Crippen LogP) is 3.83. The molecule has 1 heteroatoms. The van der Waals surface area contributed by atoms with Gasteiger partial charge >= 0.3 is 0 Å². The lowest BCUT2D eigenvalue weighted by Gasteiger charge is -2.64. The van der Waals surface area contributed by atoms with E-state index in [0.717, 1.165) is 17.8 Å². The molecule has 98 valence electrons. The molecule has 0 spiro atoms. The lowest BCUT2D eigenvalue weighted by Crippen LogP contribution is -2.70. The highest BCUT2D eigenvalue weighted by atomic mass is 15.4. The maximum absolute atomic E-state index is 2.44. The molecule has 4 bridgehead atoms. The summed E-state index contributed by atoms with van der Waals surface area (Å²) in [5.74, 6) is 3.30. The Balaban J connectivity index is 1.95. The standard InChI is InChI=1S/C16H30N/c1-4-17(5-2,6-3)16-10-13-7-14(11-16)9-15(8-13)12-16/h13-15H,4-12H2,1-3H3/q+1. The zero-order valence-electron chi connectivity index (χ0n) is 12.0. The van der Waals surface area contributed by atoms with Gasteiger partial charge < -0.3 is 4.48 Å². The first-order valence-electron chi connectivity index (χ1n) is 8.03. The highest BCUT2D eigenvalue weighted by Crippen LogP contribution is 2.59. The molecular weight excluding hydrogens is 206 g/mol. The lowest BCUT2D eigenvalue weighted by molar-refractivity contribution is -0.977. The Bertz CT molecular complexity index is 246. The zero-order valence-corrected chi connectivity index (χ0v) is 12.0. The molecule has 0 amide bonds. The molecule has 4 fully saturated rings. The van der Waals surface area contributed by atoms with Crippen molar-refractivity contribution in [3.8, 4) is 0 Å². The van der Waals surface area contributed by atoms with Crippen molar-refractivity contribution in [3.63, 3.8) is 0 Å². The molecule has 0 aromatic rings. The molecule has 4 rings (SSSR count). The van der Waals surface area contributed by atoms with E-state index >= 15 is 0 Å². The minimum absolute atomic E-state index is 0.701. The number of rotatable bonds is 4. The normalized spacial score (nSPS) is 44.3. The van der Waals surface area contributed by atoms with Gasteiger partial charge in [0.2, 0.25) is 0 Å². The number of hydrogen-bond acceptors (Lipinski definition) is 0. The molecule has 4 aliphatic rings. The summed E-state index contributed by atoms with van der Waals surface area (Å²) in [4.78, 5) is 0. The molecule has 0 unspecified atom stereocenters. The van der Waals surface area contributed by atoms with Gasteiger partial charge in [-0.05, 0) is 57.8 Å². The Kier molecular flexibility index (Phi) is 2.81. The van der Waals surface area contributed by atoms with Crippen LogP contribution < -0.4 is 0 Å². The summed E-state index contributed by atoms with van der Waals surface area (Å²) in [6, 6.07) is 0. The second-order valence-corrected chi connectivity index (χ2v) is 7.24. The molecule has 0 aromatic carbocycles. The van der Waals surface area contributed by atoms with E-state index in [9.17, 15) is 0 Å². The fraction of sp³-hybridized carbons (Fsp3) is 1.00. The van der Waals surface area contributed by atoms with Crippen LogP contribution in [-0.2, 0) is 0 Å². The summed E-state index contributed by atoms with van der Waals surface area (Å²) >= 11 is 0. The molecule has 4 aliphatic carbocycles. The van der Waals surface area contributed by atoms with E-state index in [0.29, 0.717) is 5.54 Å². The van der Waals surface area contributed by atoms with Crippen molar-refractivity contribution in [2.75, 3.05) is 19.6 Å². The van der Waals surface area contributed by atoms with Gasteiger partial charge in [-0.15, -0.1) is 0 Å². The molecule has 0 atom stereocenters. The van der Waals surface area contributed by atoms with Crippen LogP contribution in [0.2, 0.25) is 0 Å². The Hall–Kier alpha value is -0.0400. The van der Waals surface area contributed by atoms with Crippen LogP contribution in [0.3, 0.4) is 0 Å². The van der Waals surface area contributed by atoms with E-state index in [1.165, 1.54) is 24.1 Å². The minimum atomic E-state index is 0.701. The quantitative estimate of drug-likeness (QED) is 0.651.